The van der Waals surface area contributed by atoms with Gasteiger partial charge >= 0.3 is 0 Å². The first-order valence-electron chi connectivity index (χ1n) is 10.7. The molecule has 6 heteroatoms. The summed E-state index contributed by atoms with van der Waals surface area (Å²) in [5, 5.41) is 3.74. The van der Waals surface area contributed by atoms with Gasteiger partial charge in [-0.15, -0.1) is 0 Å². The van der Waals surface area contributed by atoms with Crippen molar-refractivity contribution < 1.29 is 9.69 Å². The van der Waals surface area contributed by atoms with Crippen molar-refractivity contribution in [2.24, 2.45) is 0 Å². The van der Waals surface area contributed by atoms with Crippen molar-refractivity contribution in [2.45, 2.75) is 38.3 Å². The number of hydrogen-bond acceptors (Lipinski definition) is 3. The van der Waals surface area contributed by atoms with Crippen molar-refractivity contribution in [3.8, 4) is 0 Å². The molecule has 0 saturated carbocycles. The fourth-order valence-corrected chi connectivity index (χ4v) is 4.15. The molecule has 0 unspecified atom stereocenters. The number of carbonyl (C=O) groups excluding carboxylic acids is 1. The maximum absolute atomic E-state index is 13.1. The largest absolute Gasteiger partial charge is 0.340 e. The zero-order valence-corrected chi connectivity index (χ0v) is 17.6. The predicted molar refractivity (Wildman–Crippen MR) is 118 cm³/mol. The minimum absolute atomic E-state index is 0.00206. The van der Waals surface area contributed by atoms with Gasteiger partial charge in [-0.25, -0.2) is 4.98 Å². The number of aryl methyl sites for hydroxylation is 1. The van der Waals surface area contributed by atoms with Gasteiger partial charge in [-0.2, -0.15) is 0 Å². The summed E-state index contributed by atoms with van der Waals surface area (Å²) >= 11 is 0. The molecule has 0 saturated heterocycles. The van der Waals surface area contributed by atoms with Gasteiger partial charge in [-0.3, -0.25) is 14.2 Å². The van der Waals surface area contributed by atoms with Crippen LogP contribution in [0.5, 0.6) is 0 Å². The average molecular weight is 406 g/mol. The second-order valence-electron chi connectivity index (χ2n) is 8.38. The molecule has 1 aliphatic rings. The third kappa shape index (κ3) is 4.28. The van der Waals surface area contributed by atoms with Gasteiger partial charge in [0.1, 0.15) is 18.4 Å². The molecule has 0 bridgehead atoms. The van der Waals surface area contributed by atoms with Crippen LogP contribution in [0.2, 0.25) is 0 Å². The molecule has 156 valence electrons. The van der Waals surface area contributed by atoms with Crippen LogP contribution in [0.15, 0.2) is 53.3 Å². The Labute approximate surface area is 176 Å². The van der Waals surface area contributed by atoms with Crippen LogP contribution in [-0.2, 0) is 13.0 Å². The molecular weight excluding hydrogens is 376 g/mol. The summed E-state index contributed by atoms with van der Waals surface area (Å²) in [5.74, 6) is 0.685. The highest BCUT2D eigenvalue weighted by Gasteiger charge is 2.20. The molecule has 2 aromatic carbocycles. The van der Waals surface area contributed by atoms with E-state index in [2.05, 4.69) is 19.4 Å². The molecule has 1 atom stereocenters. The number of carbonyl (C=O) groups is 1. The number of fused-ring (bicyclic) bond motifs is 2. The summed E-state index contributed by atoms with van der Waals surface area (Å²) in [7, 11) is 4.14. The molecule has 0 aliphatic carbocycles. The number of likely N-dealkylation sites (N-methyl/N-ethyl adjacent to an activating group) is 1. The fourth-order valence-electron chi connectivity index (χ4n) is 4.15. The van der Waals surface area contributed by atoms with E-state index < -0.39 is 0 Å². The molecule has 0 radical (unpaired) electrons. The van der Waals surface area contributed by atoms with Gasteiger partial charge in [0.25, 0.3) is 11.5 Å². The molecular formula is C24H29N4O2+. The van der Waals surface area contributed by atoms with Gasteiger partial charge in [-0.05, 0) is 36.6 Å². The molecule has 4 rings (SSSR count). The van der Waals surface area contributed by atoms with Crippen molar-refractivity contribution in [3.63, 3.8) is 0 Å². The second-order valence-corrected chi connectivity index (χ2v) is 8.38. The highest BCUT2D eigenvalue weighted by molar-refractivity contribution is 5.97. The van der Waals surface area contributed by atoms with Crippen LogP contribution >= 0.6 is 0 Å². The fraction of sp³-hybridized carbons (Fsp3) is 0.375. The lowest BCUT2D eigenvalue weighted by molar-refractivity contribution is -0.860. The Morgan fingerprint density at radius 2 is 1.93 bits per heavy atom. The zero-order valence-electron chi connectivity index (χ0n) is 17.6. The highest BCUT2D eigenvalue weighted by Crippen LogP contribution is 2.17. The average Bonchev–Trinajstić information content (AvgIpc) is 2.99. The molecule has 0 spiro atoms. The SMILES string of the molecule is C[NH+](C)C[C@@H](NC(=O)c1ccc2c(=O)n3c(nc2c1)CCCCC3)c1ccccc1. The highest BCUT2D eigenvalue weighted by atomic mass is 16.1. The molecule has 30 heavy (non-hydrogen) atoms. The van der Waals surface area contributed by atoms with E-state index >= 15 is 0 Å². The Morgan fingerprint density at radius 3 is 2.70 bits per heavy atom. The molecule has 0 fully saturated rings. The van der Waals surface area contributed by atoms with Crippen molar-refractivity contribution in [1.82, 2.24) is 14.9 Å². The Balaban J connectivity index is 1.65. The molecule has 1 aromatic heterocycles. The first-order chi connectivity index (χ1) is 14.5. The van der Waals surface area contributed by atoms with Crippen LogP contribution in [0.1, 0.15) is 47.1 Å². The monoisotopic (exact) mass is 405 g/mol. The molecule has 1 amide bonds. The van der Waals surface area contributed by atoms with Crippen molar-refractivity contribution in [3.05, 3.63) is 75.8 Å². The standard InChI is InChI=1S/C24H28N4O2/c1-27(2)16-21(17-9-5-3-6-10-17)26-23(29)18-12-13-19-20(15-18)25-22-11-7-4-8-14-28(22)24(19)30/h3,5-6,9-10,12-13,15,21H,4,7-8,11,14,16H2,1-2H3,(H,26,29)/p+1/t21-/m1/s1. The number of hydrogen-bond donors (Lipinski definition) is 2. The first kappa shape index (κ1) is 20.3. The van der Waals surface area contributed by atoms with E-state index in [-0.39, 0.29) is 17.5 Å². The Morgan fingerprint density at radius 1 is 1.13 bits per heavy atom. The predicted octanol–water partition coefficient (Wildman–Crippen LogP) is 1.74. The summed E-state index contributed by atoms with van der Waals surface area (Å²) in [6.07, 6.45) is 3.98. The summed E-state index contributed by atoms with van der Waals surface area (Å²) in [4.78, 5) is 32.0. The molecule has 2 heterocycles. The lowest BCUT2D eigenvalue weighted by atomic mass is 10.1. The van der Waals surface area contributed by atoms with E-state index in [1.807, 2.05) is 30.3 Å². The van der Waals surface area contributed by atoms with Crippen molar-refractivity contribution in [2.75, 3.05) is 20.6 Å². The minimum Gasteiger partial charge on any atom is -0.340 e. The normalized spacial score (nSPS) is 14.9. The van der Waals surface area contributed by atoms with Crippen LogP contribution < -0.4 is 15.8 Å². The maximum Gasteiger partial charge on any atom is 0.261 e. The number of benzene rings is 2. The summed E-state index contributed by atoms with van der Waals surface area (Å²) in [6, 6.07) is 15.1. The lowest BCUT2D eigenvalue weighted by Gasteiger charge is -2.21. The van der Waals surface area contributed by atoms with Crippen LogP contribution in [0.4, 0.5) is 0 Å². The van der Waals surface area contributed by atoms with Gasteiger partial charge in [0.05, 0.1) is 25.0 Å². The van der Waals surface area contributed by atoms with Crippen LogP contribution in [-0.4, -0.2) is 36.1 Å². The number of nitrogens with one attached hydrogen (secondary N) is 2. The quantitative estimate of drug-likeness (QED) is 0.679. The van der Waals surface area contributed by atoms with Crippen LogP contribution in [0.25, 0.3) is 10.9 Å². The Kier molecular flexibility index (Phi) is 5.95. The van der Waals surface area contributed by atoms with Crippen LogP contribution in [0.3, 0.4) is 0 Å². The smallest absolute Gasteiger partial charge is 0.261 e. The topological polar surface area (TPSA) is 68.4 Å². The Hall–Kier alpha value is -2.99. The van der Waals surface area contributed by atoms with Gasteiger partial charge in [0, 0.05) is 18.5 Å². The van der Waals surface area contributed by atoms with Crippen LogP contribution in [0, 0.1) is 0 Å². The zero-order chi connectivity index (χ0) is 21.1. The molecule has 6 nitrogen and oxygen atoms in total. The summed E-state index contributed by atoms with van der Waals surface area (Å²) in [6.45, 7) is 1.50. The first-order valence-corrected chi connectivity index (χ1v) is 10.7. The third-order valence-electron chi connectivity index (χ3n) is 5.70. The van der Waals surface area contributed by atoms with E-state index in [1.165, 1.54) is 4.90 Å². The summed E-state index contributed by atoms with van der Waals surface area (Å²) < 4.78 is 1.81. The number of quaternary nitrogens is 1. The number of nitrogens with zero attached hydrogens (tertiary/aromatic N) is 2. The third-order valence-corrected chi connectivity index (χ3v) is 5.70. The van der Waals surface area contributed by atoms with Gasteiger partial charge < -0.3 is 10.2 Å². The van der Waals surface area contributed by atoms with Crippen molar-refractivity contribution >= 4 is 16.8 Å². The number of rotatable bonds is 5. The van der Waals surface area contributed by atoms with E-state index in [0.717, 1.165) is 50.2 Å². The molecule has 3 aromatic rings. The minimum atomic E-state index is -0.149. The number of aromatic nitrogens is 2. The van der Waals surface area contributed by atoms with E-state index in [0.29, 0.717) is 16.5 Å². The van der Waals surface area contributed by atoms with Crippen molar-refractivity contribution in [1.29, 1.82) is 0 Å². The van der Waals surface area contributed by atoms with E-state index in [4.69, 9.17) is 4.98 Å². The lowest BCUT2D eigenvalue weighted by Crippen LogP contribution is -3.06. The van der Waals surface area contributed by atoms with Gasteiger partial charge in [-0.1, -0.05) is 36.8 Å². The second kappa shape index (κ2) is 8.79. The summed E-state index contributed by atoms with van der Waals surface area (Å²) in [5.41, 5.74) is 2.22. The van der Waals surface area contributed by atoms with Gasteiger partial charge in [0.15, 0.2) is 0 Å². The Bertz CT molecular complexity index is 1110. The molecule has 1 aliphatic heterocycles. The van der Waals surface area contributed by atoms with E-state index in [1.54, 1.807) is 22.8 Å². The maximum atomic E-state index is 13.1. The van der Waals surface area contributed by atoms with Gasteiger partial charge in [0.2, 0.25) is 0 Å². The number of amides is 1. The molecule has 2 N–H and O–H groups in total. The van der Waals surface area contributed by atoms with E-state index in [9.17, 15) is 9.59 Å².